The van der Waals surface area contributed by atoms with Crippen LogP contribution >= 0.6 is 0 Å². The second-order valence-electron chi connectivity index (χ2n) is 4.74. The third-order valence-corrected chi connectivity index (χ3v) is 3.11. The van der Waals surface area contributed by atoms with Crippen molar-refractivity contribution in [2.75, 3.05) is 27.3 Å². The Morgan fingerprint density at radius 1 is 1.50 bits per heavy atom. The van der Waals surface area contributed by atoms with Crippen LogP contribution in [0.1, 0.15) is 0 Å². The van der Waals surface area contributed by atoms with Crippen molar-refractivity contribution < 1.29 is 14.6 Å². The fourth-order valence-corrected chi connectivity index (χ4v) is 2.06. The average molecular weight is 277 g/mol. The molecule has 108 valence electrons. The van der Waals surface area contributed by atoms with Gasteiger partial charge in [-0.05, 0) is 6.07 Å². The molecule has 2 aromatic rings. The van der Waals surface area contributed by atoms with Crippen LogP contribution in [-0.4, -0.2) is 59.1 Å². The average Bonchev–Trinajstić information content (AvgIpc) is 2.82. The highest BCUT2D eigenvalue weighted by molar-refractivity contribution is 5.81. The summed E-state index contributed by atoms with van der Waals surface area (Å²) in [6.07, 6.45) is 1.06. The second-order valence-corrected chi connectivity index (χ2v) is 4.74. The number of aromatic nitrogens is 2. The Hall–Kier alpha value is -1.92. The number of para-hydroxylation sites is 1. The molecule has 1 amide bonds. The summed E-state index contributed by atoms with van der Waals surface area (Å²) in [6.45, 7) is 0.609. The number of nitrogens with zero attached hydrogens (tertiary/aromatic N) is 3. The van der Waals surface area contributed by atoms with E-state index in [4.69, 9.17) is 4.74 Å². The molecular weight excluding hydrogens is 258 g/mol. The zero-order valence-electron chi connectivity index (χ0n) is 11.7. The van der Waals surface area contributed by atoms with E-state index in [0.29, 0.717) is 0 Å². The standard InChI is InChI=1S/C14H19N3O3/c1-16(8-12(18)10-20-2)14(19)9-17-13-6-4-3-5-11(13)7-15-17/h3-7,12,18H,8-10H2,1-2H3/t12-/m1/s1. The summed E-state index contributed by atoms with van der Waals surface area (Å²) < 4.78 is 6.51. The van der Waals surface area contributed by atoms with Crippen molar-refractivity contribution in [1.82, 2.24) is 14.7 Å². The molecule has 0 radical (unpaired) electrons. The molecule has 1 aromatic carbocycles. The molecule has 0 saturated carbocycles. The van der Waals surface area contributed by atoms with Crippen LogP contribution in [0.5, 0.6) is 0 Å². The van der Waals surface area contributed by atoms with E-state index < -0.39 is 6.10 Å². The van der Waals surface area contributed by atoms with Crippen molar-refractivity contribution in [2.45, 2.75) is 12.6 Å². The predicted octanol–water partition coefficient (Wildman–Crippen LogP) is 0.502. The van der Waals surface area contributed by atoms with Crippen molar-refractivity contribution in [3.8, 4) is 0 Å². The number of rotatable bonds is 6. The molecule has 6 nitrogen and oxygen atoms in total. The van der Waals surface area contributed by atoms with Crippen LogP contribution in [0, 0.1) is 0 Å². The first kappa shape index (κ1) is 14.5. The van der Waals surface area contributed by atoms with E-state index in [2.05, 4.69) is 5.10 Å². The van der Waals surface area contributed by atoms with Crippen molar-refractivity contribution in [3.63, 3.8) is 0 Å². The van der Waals surface area contributed by atoms with Gasteiger partial charge in [-0.3, -0.25) is 9.48 Å². The normalized spacial score (nSPS) is 12.6. The number of fused-ring (bicyclic) bond motifs is 1. The lowest BCUT2D eigenvalue weighted by molar-refractivity contribution is -0.132. The van der Waals surface area contributed by atoms with Crippen molar-refractivity contribution in [2.24, 2.45) is 0 Å². The Balaban J connectivity index is 2.00. The van der Waals surface area contributed by atoms with Crippen LogP contribution in [0.15, 0.2) is 30.5 Å². The van der Waals surface area contributed by atoms with Crippen LogP contribution in [-0.2, 0) is 16.1 Å². The Labute approximate surface area is 117 Å². The quantitative estimate of drug-likeness (QED) is 0.835. The van der Waals surface area contributed by atoms with Gasteiger partial charge in [-0.1, -0.05) is 18.2 Å². The number of carbonyl (C=O) groups is 1. The van der Waals surface area contributed by atoms with E-state index in [1.165, 1.54) is 12.0 Å². The number of benzene rings is 1. The van der Waals surface area contributed by atoms with Gasteiger partial charge < -0.3 is 14.7 Å². The summed E-state index contributed by atoms with van der Waals surface area (Å²) in [5.74, 6) is -0.103. The van der Waals surface area contributed by atoms with Crippen molar-refractivity contribution >= 4 is 16.8 Å². The number of carbonyl (C=O) groups excluding carboxylic acids is 1. The summed E-state index contributed by atoms with van der Waals surface area (Å²) in [7, 11) is 3.17. The molecule has 0 saturated heterocycles. The number of amides is 1. The van der Waals surface area contributed by atoms with Crippen LogP contribution < -0.4 is 0 Å². The van der Waals surface area contributed by atoms with Crippen molar-refractivity contribution in [1.29, 1.82) is 0 Å². The molecule has 0 aliphatic rings. The number of methoxy groups -OCH3 is 1. The summed E-state index contributed by atoms with van der Waals surface area (Å²) in [6, 6.07) is 7.73. The van der Waals surface area contributed by atoms with Crippen LogP contribution in [0.4, 0.5) is 0 Å². The Kier molecular flexibility index (Phi) is 4.70. The molecule has 0 aliphatic heterocycles. The van der Waals surface area contributed by atoms with Gasteiger partial charge in [-0.25, -0.2) is 0 Å². The third-order valence-electron chi connectivity index (χ3n) is 3.11. The monoisotopic (exact) mass is 277 g/mol. The predicted molar refractivity (Wildman–Crippen MR) is 75.3 cm³/mol. The minimum absolute atomic E-state index is 0.103. The molecule has 0 unspecified atom stereocenters. The molecule has 0 bridgehead atoms. The molecule has 0 aliphatic carbocycles. The third kappa shape index (κ3) is 3.34. The fraction of sp³-hybridized carbons (Fsp3) is 0.429. The number of hydrogen-bond donors (Lipinski definition) is 1. The van der Waals surface area contributed by atoms with Gasteiger partial charge in [0, 0.05) is 26.1 Å². The molecular formula is C14H19N3O3. The van der Waals surface area contributed by atoms with Gasteiger partial charge in [0.15, 0.2) is 0 Å². The summed E-state index contributed by atoms with van der Waals surface area (Å²) >= 11 is 0. The molecule has 1 heterocycles. The SMILES string of the molecule is COC[C@H](O)CN(C)C(=O)Cn1ncc2ccccc21. The lowest BCUT2D eigenvalue weighted by Crippen LogP contribution is -2.38. The molecule has 20 heavy (non-hydrogen) atoms. The van der Waals surface area contributed by atoms with E-state index in [1.807, 2.05) is 24.3 Å². The lowest BCUT2D eigenvalue weighted by Gasteiger charge is -2.20. The maximum Gasteiger partial charge on any atom is 0.244 e. The van der Waals surface area contributed by atoms with Crippen molar-refractivity contribution in [3.05, 3.63) is 30.5 Å². The number of hydrogen-bond acceptors (Lipinski definition) is 4. The van der Waals surface area contributed by atoms with Gasteiger partial charge >= 0.3 is 0 Å². The first-order valence-corrected chi connectivity index (χ1v) is 6.43. The van der Waals surface area contributed by atoms with E-state index in [0.717, 1.165) is 10.9 Å². The molecule has 6 heteroatoms. The van der Waals surface area contributed by atoms with Gasteiger partial charge in [-0.2, -0.15) is 5.10 Å². The fourth-order valence-electron chi connectivity index (χ4n) is 2.06. The minimum Gasteiger partial charge on any atom is -0.389 e. The Morgan fingerprint density at radius 3 is 3.00 bits per heavy atom. The second kappa shape index (κ2) is 6.49. The maximum atomic E-state index is 12.1. The van der Waals surface area contributed by atoms with E-state index in [-0.39, 0.29) is 25.6 Å². The largest absolute Gasteiger partial charge is 0.389 e. The number of aliphatic hydroxyl groups is 1. The van der Waals surface area contributed by atoms with Gasteiger partial charge in [0.2, 0.25) is 5.91 Å². The smallest absolute Gasteiger partial charge is 0.244 e. The highest BCUT2D eigenvalue weighted by Gasteiger charge is 2.15. The molecule has 2 rings (SSSR count). The van der Waals surface area contributed by atoms with Crippen LogP contribution in [0.2, 0.25) is 0 Å². The Morgan fingerprint density at radius 2 is 2.25 bits per heavy atom. The van der Waals surface area contributed by atoms with Gasteiger partial charge in [-0.15, -0.1) is 0 Å². The molecule has 0 spiro atoms. The van der Waals surface area contributed by atoms with E-state index >= 15 is 0 Å². The summed E-state index contributed by atoms with van der Waals surface area (Å²) in [5, 5.41) is 14.8. The molecule has 1 atom stereocenters. The topological polar surface area (TPSA) is 67.6 Å². The number of likely N-dealkylation sites (N-methyl/N-ethyl adjacent to an activating group) is 1. The van der Waals surface area contributed by atoms with Crippen LogP contribution in [0.25, 0.3) is 10.9 Å². The zero-order chi connectivity index (χ0) is 14.5. The molecule has 1 aromatic heterocycles. The van der Waals surface area contributed by atoms with Gasteiger partial charge in [0.05, 0.1) is 24.4 Å². The lowest BCUT2D eigenvalue weighted by atomic mass is 10.2. The van der Waals surface area contributed by atoms with E-state index in [9.17, 15) is 9.90 Å². The Bertz CT molecular complexity index is 582. The molecule has 0 fully saturated rings. The van der Waals surface area contributed by atoms with E-state index in [1.54, 1.807) is 17.9 Å². The number of aliphatic hydroxyl groups excluding tert-OH is 1. The minimum atomic E-state index is -0.677. The van der Waals surface area contributed by atoms with Gasteiger partial charge in [0.1, 0.15) is 6.54 Å². The first-order chi connectivity index (χ1) is 9.61. The maximum absolute atomic E-state index is 12.1. The molecule has 1 N–H and O–H groups in total. The summed E-state index contributed by atoms with van der Waals surface area (Å²) in [5.41, 5.74) is 0.923. The zero-order valence-corrected chi connectivity index (χ0v) is 11.7. The van der Waals surface area contributed by atoms with Gasteiger partial charge in [0.25, 0.3) is 0 Å². The van der Waals surface area contributed by atoms with Crippen LogP contribution in [0.3, 0.4) is 0 Å². The first-order valence-electron chi connectivity index (χ1n) is 6.43. The number of ether oxygens (including phenoxy) is 1. The highest BCUT2D eigenvalue weighted by atomic mass is 16.5. The highest BCUT2D eigenvalue weighted by Crippen LogP contribution is 2.12. The summed E-state index contributed by atoms with van der Waals surface area (Å²) in [4.78, 5) is 13.6.